The van der Waals surface area contributed by atoms with Gasteiger partial charge in [-0.15, -0.1) is 0 Å². The second kappa shape index (κ2) is 37.3. The number of benzene rings is 8. The summed E-state index contributed by atoms with van der Waals surface area (Å²) in [5, 5.41) is 29.7. The molecule has 0 spiro atoms. The van der Waals surface area contributed by atoms with Crippen molar-refractivity contribution in [2.24, 2.45) is 10.2 Å². The van der Waals surface area contributed by atoms with Crippen LogP contribution in [0.15, 0.2) is 253 Å². The molecule has 0 unspecified atom stereocenters. The summed E-state index contributed by atoms with van der Waals surface area (Å²) < 4.78 is 89.6. The fraction of sp³-hybridized carbons (Fsp3) is 0.303. The zero-order valence-electron chi connectivity index (χ0n) is 55.7. The highest BCUT2D eigenvalue weighted by molar-refractivity contribution is 6.76. The minimum Gasteiger partial charge on any atom is -0.459 e. The number of aliphatic hydroxyl groups is 1. The number of carbonyl (C=O) groups is 4. The molecule has 8 aromatic carbocycles. The van der Waals surface area contributed by atoms with E-state index in [1.807, 2.05) is 60.7 Å². The lowest BCUT2D eigenvalue weighted by molar-refractivity contribution is -0.384. The maximum absolute atomic E-state index is 15.8. The number of rotatable bonds is 30. The van der Waals surface area contributed by atoms with Crippen LogP contribution in [0.3, 0.4) is 0 Å². The van der Waals surface area contributed by atoms with Crippen LogP contribution >= 0.6 is 34.8 Å². The topological polar surface area (TPSA) is 339 Å². The molecule has 29 heteroatoms. The predicted molar refractivity (Wildman–Crippen MR) is 377 cm³/mol. The van der Waals surface area contributed by atoms with E-state index in [2.05, 4.69) is 20.1 Å². The first-order valence-corrected chi connectivity index (χ1v) is 34.2. The van der Waals surface area contributed by atoms with Crippen LogP contribution < -0.4 is 0 Å². The maximum Gasteiger partial charge on any atom is 0.338 e. The standard InChI is InChI=1S/C76H70Cl3N7O19/c77-76(78,79)73(80)105-74-75(91,84-86-82)66(104-69(89)55-39-23-8-24-40-55)60(57(100-74)47-98-68(88)54-37-21-7-22-38-54)101-72-65(95-44-51-31-15-4-16-32-51)62(94-43-50-29-13-3-14-30-50)63(64(103-72)70(90)96-45-52-33-17-5-18-34-52)102-71-58(83-85-81)61(93-42-49-27-11-2-12-28-49)59(92-41-48-25-9-1-10-26-48)56(99-71)46-97-67(87)53-35-19-6-20-36-53/h1-40,56-66,71-72,74,80,91H,41-47H2/t56-,57-,58-,59-,60-,61-,62+,63+,64+,65-,66+,71-,72-,74-,75-/m1/s1. The van der Waals surface area contributed by atoms with Gasteiger partial charge in [0, 0.05) is 9.82 Å². The summed E-state index contributed by atoms with van der Waals surface area (Å²) in [7, 11) is 0. The van der Waals surface area contributed by atoms with Crippen molar-refractivity contribution in [3.63, 3.8) is 0 Å². The predicted octanol–water partition coefficient (Wildman–Crippen LogP) is 13.0. The Labute approximate surface area is 617 Å². The molecule has 3 saturated heterocycles. The summed E-state index contributed by atoms with van der Waals surface area (Å²) in [5.74, 6) is -5.21. The molecule has 3 aliphatic rings. The molecule has 544 valence electrons. The van der Waals surface area contributed by atoms with Crippen molar-refractivity contribution < 1.29 is 90.6 Å². The zero-order chi connectivity index (χ0) is 73.6. The number of hydrogen-bond donors (Lipinski definition) is 2. The van der Waals surface area contributed by atoms with Gasteiger partial charge < -0.3 is 71.4 Å². The Kier molecular flexibility index (Phi) is 27.1. The van der Waals surface area contributed by atoms with Crippen LogP contribution in [0.5, 0.6) is 0 Å². The van der Waals surface area contributed by atoms with Crippen LogP contribution in [0.2, 0.25) is 0 Å². The number of esters is 4. The SMILES string of the molecule is [N-]=[N+]=N[C@H]1[C@@H](O[C@H]2[C@H](OCc3ccccc3)[C@@H](OCc3ccccc3)[C@H](O[C@@H]3[C@@H](COC(=O)c4ccccc4)O[C@H](OC(=N)C(Cl)(Cl)Cl)[C@@](O)(N=[N+]=[N-])[C@H]3OC(=O)c3ccccc3)O[C@@H]2C(=O)OCc2ccccc2)O[C@H](COC(=O)c2ccccc2)[C@@H](OCc2ccccc2)[C@@H]1OCc1ccccc1. The monoisotopic (exact) mass is 1490 g/mol. The third-order valence-corrected chi connectivity index (χ3v) is 17.4. The molecule has 15 atom stereocenters. The summed E-state index contributed by atoms with van der Waals surface area (Å²) >= 11 is 18.5. The van der Waals surface area contributed by atoms with Crippen molar-refractivity contribution in [2.75, 3.05) is 13.2 Å². The fourth-order valence-corrected chi connectivity index (χ4v) is 11.9. The van der Waals surface area contributed by atoms with Crippen molar-refractivity contribution in [2.45, 2.75) is 129 Å². The van der Waals surface area contributed by atoms with E-state index >= 15 is 4.79 Å². The van der Waals surface area contributed by atoms with Crippen LogP contribution in [-0.4, -0.2) is 144 Å². The first-order chi connectivity index (χ1) is 51.1. The van der Waals surface area contributed by atoms with Gasteiger partial charge in [0.05, 0.1) is 43.1 Å². The molecule has 0 bridgehead atoms. The second-order valence-electron chi connectivity index (χ2n) is 24.0. The smallest absolute Gasteiger partial charge is 0.338 e. The Bertz CT molecular complexity index is 4230. The number of azide groups is 2. The fourth-order valence-electron chi connectivity index (χ4n) is 11.7. The molecule has 26 nitrogen and oxygen atoms in total. The first-order valence-electron chi connectivity index (χ1n) is 33.0. The lowest BCUT2D eigenvalue weighted by Crippen LogP contribution is -2.71. The van der Waals surface area contributed by atoms with E-state index in [1.54, 1.807) is 146 Å². The van der Waals surface area contributed by atoms with Gasteiger partial charge in [-0.05, 0) is 80.4 Å². The number of alkyl halides is 3. The highest BCUT2D eigenvalue weighted by Gasteiger charge is 2.64. The third kappa shape index (κ3) is 20.4. The molecular weight excluding hydrogens is 1420 g/mol. The molecule has 0 amide bonds. The van der Waals surface area contributed by atoms with E-state index in [9.17, 15) is 30.6 Å². The van der Waals surface area contributed by atoms with E-state index in [0.29, 0.717) is 22.3 Å². The Hall–Kier alpha value is -9.80. The van der Waals surface area contributed by atoms with Crippen LogP contribution in [0.4, 0.5) is 0 Å². The Morgan fingerprint density at radius 2 is 0.838 bits per heavy atom. The number of nitrogens with one attached hydrogen (secondary N) is 1. The molecule has 2 N–H and O–H groups in total. The summed E-state index contributed by atoms with van der Waals surface area (Å²) in [6.07, 6.45) is -24.2. The normalized spacial score (nSPS) is 25.0. The molecule has 0 radical (unpaired) electrons. The van der Waals surface area contributed by atoms with Gasteiger partial charge in [0.15, 0.2) is 24.8 Å². The number of carbonyl (C=O) groups excluding carboxylic acids is 4. The van der Waals surface area contributed by atoms with Crippen molar-refractivity contribution >= 4 is 64.6 Å². The maximum atomic E-state index is 15.8. The molecule has 8 aromatic rings. The molecule has 0 aliphatic carbocycles. The van der Waals surface area contributed by atoms with Gasteiger partial charge >= 0.3 is 23.9 Å². The first kappa shape index (κ1) is 76.3. The molecule has 3 aliphatic heterocycles. The van der Waals surface area contributed by atoms with E-state index in [-0.39, 0.29) is 49.7 Å². The van der Waals surface area contributed by atoms with Crippen LogP contribution in [-0.2, 0) is 104 Å². The van der Waals surface area contributed by atoms with Crippen molar-refractivity contribution in [3.8, 4) is 0 Å². The van der Waals surface area contributed by atoms with Gasteiger partial charge in [0.25, 0.3) is 3.79 Å². The summed E-state index contributed by atoms with van der Waals surface area (Å²) in [4.78, 5) is 64.7. The van der Waals surface area contributed by atoms with Crippen molar-refractivity contribution in [1.29, 1.82) is 5.41 Å². The summed E-state index contributed by atoms with van der Waals surface area (Å²) in [5.41, 5.74) is 21.0. The largest absolute Gasteiger partial charge is 0.459 e. The minimum absolute atomic E-state index is 0.0500. The molecular formula is C76H70Cl3N7O19. The number of halogens is 3. The van der Waals surface area contributed by atoms with E-state index in [1.165, 1.54) is 36.4 Å². The average Bonchev–Trinajstić information content (AvgIpc) is 0.744. The number of nitrogens with zero attached hydrogens (tertiary/aromatic N) is 6. The van der Waals surface area contributed by atoms with Gasteiger partial charge in [-0.25, -0.2) is 19.2 Å². The summed E-state index contributed by atoms with van der Waals surface area (Å²) in [6.45, 7) is -2.55. The van der Waals surface area contributed by atoms with Gasteiger partial charge in [0.2, 0.25) is 17.9 Å². The second-order valence-corrected chi connectivity index (χ2v) is 26.3. The van der Waals surface area contributed by atoms with E-state index in [0.717, 1.165) is 5.56 Å². The molecule has 3 fully saturated rings. The van der Waals surface area contributed by atoms with Gasteiger partial charge in [-0.1, -0.05) is 246 Å². The van der Waals surface area contributed by atoms with Gasteiger partial charge in [-0.3, -0.25) is 5.41 Å². The Balaban J connectivity index is 1.08. The third-order valence-electron chi connectivity index (χ3n) is 16.9. The van der Waals surface area contributed by atoms with E-state index < -0.39 is 138 Å². The van der Waals surface area contributed by atoms with Gasteiger partial charge in [0.1, 0.15) is 74.7 Å². The lowest BCUT2D eigenvalue weighted by Gasteiger charge is -2.51. The lowest BCUT2D eigenvalue weighted by atomic mass is 9.92. The minimum atomic E-state index is -3.37. The Morgan fingerprint density at radius 3 is 1.28 bits per heavy atom. The number of ether oxygens (including phenoxy) is 14. The van der Waals surface area contributed by atoms with Crippen LogP contribution in [0.1, 0.15) is 58.9 Å². The molecule has 105 heavy (non-hydrogen) atoms. The zero-order valence-corrected chi connectivity index (χ0v) is 58.0. The number of hydrogen-bond acceptors (Lipinski definition) is 22. The highest BCUT2D eigenvalue weighted by atomic mass is 35.6. The quantitative estimate of drug-likeness (QED) is 0.00617. The molecule has 11 rings (SSSR count). The molecule has 0 saturated carbocycles. The van der Waals surface area contributed by atoms with Crippen LogP contribution in [0.25, 0.3) is 20.9 Å². The Morgan fingerprint density at radius 1 is 0.448 bits per heavy atom. The van der Waals surface area contributed by atoms with Crippen molar-refractivity contribution in [3.05, 3.63) is 308 Å². The molecule has 0 aromatic heterocycles. The highest BCUT2D eigenvalue weighted by Crippen LogP contribution is 2.43. The van der Waals surface area contributed by atoms with Gasteiger partial charge in [-0.2, -0.15) is 0 Å². The van der Waals surface area contributed by atoms with E-state index in [4.69, 9.17) is 107 Å². The summed E-state index contributed by atoms with van der Waals surface area (Å²) in [6, 6.07) is 66.1. The average molecular weight is 1490 g/mol. The molecule has 3 heterocycles. The van der Waals surface area contributed by atoms with Crippen LogP contribution in [0, 0.1) is 5.41 Å². The van der Waals surface area contributed by atoms with Crippen molar-refractivity contribution in [1.82, 2.24) is 0 Å².